The maximum Gasteiger partial charge on any atom is 0.347 e. The van der Waals surface area contributed by atoms with Crippen LogP contribution >= 0.6 is 0 Å². The third kappa shape index (κ3) is 4.20. The highest BCUT2D eigenvalue weighted by Crippen LogP contribution is 2.24. The van der Waals surface area contributed by atoms with Crippen molar-refractivity contribution in [1.82, 2.24) is 0 Å². The van der Waals surface area contributed by atoms with Crippen molar-refractivity contribution in [3.05, 3.63) is 112 Å². The van der Waals surface area contributed by atoms with E-state index in [0.29, 0.717) is 16.7 Å². The van der Waals surface area contributed by atoms with Crippen LogP contribution in [-0.2, 0) is 6.54 Å². The van der Waals surface area contributed by atoms with Crippen LogP contribution in [0.2, 0.25) is 0 Å². The predicted octanol–water partition coefficient (Wildman–Crippen LogP) is 4.03. The Morgan fingerprint density at radius 2 is 1.80 bits per heavy atom. The average Bonchev–Trinajstić information content (AvgIpc) is 2.78. The van der Waals surface area contributed by atoms with Crippen molar-refractivity contribution in [2.45, 2.75) is 6.54 Å². The van der Waals surface area contributed by atoms with Crippen LogP contribution in [-0.4, -0.2) is 12.9 Å². The molecule has 0 N–H and O–H groups in total. The number of hydrogen-bond donors (Lipinski definition) is 0. The van der Waals surface area contributed by atoms with Crippen LogP contribution < -0.4 is 14.9 Å². The molecule has 2 heterocycles. The lowest BCUT2D eigenvalue weighted by molar-refractivity contribution is -0.688. The number of carbonyl (C=O) groups is 1. The molecule has 5 heteroatoms. The van der Waals surface area contributed by atoms with Gasteiger partial charge < -0.3 is 9.15 Å². The highest BCUT2D eigenvalue weighted by atomic mass is 16.5. The number of para-hydroxylation sites is 1. The van der Waals surface area contributed by atoms with Crippen LogP contribution in [0, 0.1) is 0 Å². The normalized spacial score (nSPS) is 11.1. The number of nitrogens with zero attached hydrogens (tertiary/aromatic N) is 1. The van der Waals surface area contributed by atoms with E-state index in [2.05, 4.69) is 16.7 Å². The summed E-state index contributed by atoms with van der Waals surface area (Å²) in [6.07, 6.45) is 6.97. The fourth-order valence-electron chi connectivity index (χ4n) is 3.19. The zero-order valence-corrected chi connectivity index (χ0v) is 16.4. The fourth-order valence-corrected chi connectivity index (χ4v) is 3.19. The van der Waals surface area contributed by atoms with E-state index in [1.54, 1.807) is 24.3 Å². The summed E-state index contributed by atoms with van der Waals surface area (Å²) in [6, 6.07) is 20.8. The summed E-state index contributed by atoms with van der Waals surface area (Å²) in [6.45, 7) is 0.769. The van der Waals surface area contributed by atoms with E-state index in [9.17, 15) is 9.59 Å². The van der Waals surface area contributed by atoms with Gasteiger partial charge in [0.05, 0.1) is 7.11 Å². The molecule has 0 fully saturated rings. The number of pyridine rings is 1. The number of ketones is 1. The first-order chi connectivity index (χ1) is 14.6. The first-order valence-electron chi connectivity index (χ1n) is 9.50. The summed E-state index contributed by atoms with van der Waals surface area (Å²) in [5.74, 6) is 0.0433. The predicted molar refractivity (Wildman–Crippen MR) is 115 cm³/mol. The molecule has 148 valence electrons. The third-order valence-corrected chi connectivity index (χ3v) is 4.76. The highest BCUT2D eigenvalue weighted by molar-refractivity contribution is 6.08. The molecule has 0 spiro atoms. The van der Waals surface area contributed by atoms with Gasteiger partial charge in [-0.2, -0.15) is 0 Å². The summed E-state index contributed by atoms with van der Waals surface area (Å²) in [5.41, 5.74) is 1.70. The molecule has 0 aliphatic heterocycles. The minimum absolute atomic E-state index is 0.0120. The Balaban J connectivity index is 1.52. The van der Waals surface area contributed by atoms with Gasteiger partial charge in [0.15, 0.2) is 36.1 Å². The van der Waals surface area contributed by atoms with Crippen molar-refractivity contribution in [2.24, 2.45) is 0 Å². The molecular weight excluding hydrogens is 378 g/mol. The zero-order valence-electron chi connectivity index (χ0n) is 16.4. The van der Waals surface area contributed by atoms with Crippen LogP contribution in [0.1, 0.15) is 21.5 Å². The second-order valence-corrected chi connectivity index (χ2v) is 6.81. The van der Waals surface area contributed by atoms with Gasteiger partial charge in [0.2, 0.25) is 0 Å². The lowest BCUT2D eigenvalue weighted by Gasteiger charge is -2.04. The number of benzene rings is 2. The van der Waals surface area contributed by atoms with Gasteiger partial charge >= 0.3 is 5.63 Å². The van der Waals surface area contributed by atoms with E-state index in [1.165, 1.54) is 24.8 Å². The van der Waals surface area contributed by atoms with Crippen LogP contribution in [0.4, 0.5) is 0 Å². The van der Waals surface area contributed by atoms with E-state index >= 15 is 0 Å². The second kappa shape index (κ2) is 8.57. The zero-order chi connectivity index (χ0) is 20.9. The number of fused-ring (bicyclic) bond motifs is 1. The lowest BCUT2D eigenvalue weighted by Crippen LogP contribution is -2.33. The number of methoxy groups -OCH3 is 1. The van der Waals surface area contributed by atoms with Gasteiger partial charge in [-0.05, 0) is 23.8 Å². The Labute approximate surface area is 173 Å². The number of hydrogen-bond acceptors (Lipinski definition) is 4. The first-order valence-corrected chi connectivity index (χ1v) is 9.50. The van der Waals surface area contributed by atoms with Crippen molar-refractivity contribution < 1.29 is 18.5 Å². The molecule has 0 bridgehead atoms. The number of allylic oxidation sites excluding steroid dienone is 1. The summed E-state index contributed by atoms with van der Waals surface area (Å²) in [5, 5.41) is 0.632. The quantitative estimate of drug-likeness (QED) is 0.213. The molecule has 0 radical (unpaired) electrons. The number of aromatic nitrogens is 1. The van der Waals surface area contributed by atoms with Crippen molar-refractivity contribution in [3.8, 4) is 5.75 Å². The average molecular weight is 398 g/mol. The minimum atomic E-state index is -0.685. The largest absolute Gasteiger partial charge is 0.493 e. The van der Waals surface area contributed by atoms with Gasteiger partial charge in [-0.15, -0.1) is 0 Å². The molecule has 0 saturated heterocycles. The van der Waals surface area contributed by atoms with Gasteiger partial charge in [0.1, 0.15) is 5.56 Å². The second-order valence-electron chi connectivity index (χ2n) is 6.81. The maximum atomic E-state index is 12.6. The van der Waals surface area contributed by atoms with E-state index in [4.69, 9.17) is 9.15 Å². The number of rotatable bonds is 6. The van der Waals surface area contributed by atoms with Crippen LogP contribution in [0.5, 0.6) is 5.75 Å². The standard InChI is InChI=1S/C25H20NO4/c1-29-23-9-5-8-20-16-21(25(28)30-24(20)23)22(27)11-10-18-12-14-26(15-13-18)17-19-6-3-2-4-7-19/h2-16H,17H2,1H3/q+1/b11-10+. The molecule has 2 aromatic carbocycles. The monoisotopic (exact) mass is 398 g/mol. The van der Waals surface area contributed by atoms with Crippen LogP contribution in [0.3, 0.4) is 0 Å². The Hall–Kier alpha value is -3.99. The summed E-state index contributed by atoms with van der Waals surface area (Å²) >= 11 is 0. The third-order valence-electron chi connectivity index (χ3n) is 4.76. The molecule has 0 amide bonds. The van der Waals surface area contributed by atoms with Gasteiger partial charge in [-0.1, -0.05) is 48.5 Å². The van der Waals surface area contributed by atoms with Crippen molar-refractivity contribution in [3.63, 3.8) is 0 Å². The molecule has 4 rings (SSSR count). The molecule has 0 atom stereocenters. The highest BCUT2D eigenvalue weighted by Gasteiger charge is 2.13. The Bertz CT molecular complexity index is 1270. The lowest BCUT2D eigenvalue weighted by atomic mass is 10.1. The Kier molecular flexibility index (Phi) is 5.52. The van der Waals surface area contributed by atoms with E-state index < -0.39 is 11.4 Å². The topological polar surface area (TPSA) is 60.4 Å². The molecule has 0 saturated carbocycles. The van der Waals surface area contributed by atoms with E-state index in [0.717, 1.165) is 12.1 Å². The van der Waals surface area contributed by atoms with Gasteiger partial charge in [0, 0.05) is 23.1 Å². The number of ether oxygens (including phenoxy) is 1. The van der Waals surface area contributed by atoms with Gasteiger partial charge in [-0.25, -0.2) is 9.36 Å². The number of carbonyl (C=O) groups excluding carboxylic acids is 1. The van der Waals surface area contributed by atoms with E-state index in [1.807, 2.05) is 42.7 Å². The van der Waals surface area contributed by atoms with Crippen LogP contribution in [0.25, 0.3) is 17.0 Å². The molecule has 30 heavy (non-hydrogen) atoms. The van der Waals surface area contributed by atoms with Gasteiger partial charge in [0.25, 0.3) is 0 Å². The first kappa shape index (κ1) is 19.3. The molecular formula is C25H20NO4+. The summed E-state index contributed by atoms with van der Waals surface area (Å²) < 4.78 is 12.6. The maximum absolute atomic E-state index is 12.6. The molecule has 0 unspecified atom stereocenters. The van der Waals surface area contributed by atoms with Crippen molar-refractivity contribution in [2.75, 3.05) is 7.11 Å². The smallest absolute Gasteiger partial charge is 0.347 e. The van der Waals surface area contributed by atoms with Crippen LogP contribution in [0.15, 0.2) is 94.4 Å². The van der Waals surface area contributed by atoms with Crippen molar-refractivity contribution in [1.29, 1.82) is 0 Å². The Morgan fingerprint density at radius 3 is 2.53 bits per heavy atom. The van der Waals surface area contributed by atoms with Crippen molar-refractivity contribution >= 4 is 22.8 Å². The molecule has 0 aliphatic rings. The minimum Gasteiger partial charge on any atom is -0.493 e. The molecule has 2 aromatic heterocycles. The summed E-state index contributed by atoms with van der Waals surface area (Å²) in [4.78, 5) is 24.9. The fraction of sp³-hybridized carbons (Fsp3) is 0.0800. The van der Waals surface area contributed by atoms with E-state index in [-0.39, 0.29) is 5.56 Å². The molecule has 0 aliphatic carbocycles. The molecule has 5 nitrogen and oxygen atoms in total. The van der Waals surface area contributed by atoms with Gasteiger partial charge in [-0.3, -0.25) is 4.79 Å². The molecule has 4 aromatic rings. The summed E-state index contributed by atoms with van der Waals surface area (Å²) in [7, 11) is 1.50. The SMILES string of the molecule is COc1cccc2cc(C(=O)/C=C/c3cc[n+](Cc4ccccc4)cc3)c(=O)oc12. The Morgan fingerprint density at radius 1 is 1.03 bits per heavy atom.